The molecule has 1 saturated heterocycles. The quantitative estimate of drug-likeness (QED) is 0.338. The van der Waals surface area contributed by atoms with Gasteiger partial charge in [-0.25, -0.2) is 0 Å². The van der Waals surface area contributed by atoms with Crippen LogP contribution in [0.2, 0.25) is 0 Å². The average Bonchev–Trinajstić information content (AvgIpc) is 3.47. The first-order chi connectivity index (χ1) is 14.2. The van der Waals surface area contributed by atoms with Gasteiger partial charge >= 0.3 is 0 Å². The van der Waals surface area contributed by atoms with E-state index in [1.54, 1.807) is 23.1 Å². The Morgan fingerprint density at radius 1 is 1.28 bits per heavy atom. The second kappa shape index (κ2) is 9.78. The first-order valence-electron chi connectivity index (χ1n) is 10.1. The Morgan fingerprint density at radius 3 is 3.00 bits per heavy atom. The fraction of sp³-hybridized carbons (Fsp3) is 0.455. The van der Waals surface area contributed by atoms with Crippen LogP contribution in [-0.4, -0.2) is 39.8 Å². The van der Waals surface area contributed by atoms with Gasteiger partial charge < -0.3 is 9.47 Å². The monoisotopic (exact) mass is 429 g/mol. The van der Waals surface area contributed by atoms with Gasteiger partial charge in [-0.2, -0.15) is 0 Å². The number of rotatable bonds is 9. The summed E-state index contributed by atoms with van der Waals surface area (Å²) < 4.78 is 14.1. The van der Waals surface area contributed by atoms with Crippen LogP contribution in [0.25, 0.3) is 10.7 Å². The molecule has 7 heteroatoms. The molecule has 0 saturated carbocycles. The van der Waals surface area contributed by atoms with Crippen LogP contribution in [0.3, 0.4) is 0 Å². The summed E-state index contributed by atoms with van der Waals surface area (Å²) in [5.74, 6) is 2.88. The second-order valence-corrected chi connectivity index (χ2v) is 9.36. The van der Waals surface area contributed by atoms with E-state index in [2.05, 4.69) is 64.3 Å². The van der Waals surface area contributed by atoms with E-state index in [-0.39, 0.29) is 6.10 Å². The van der Waals surface area contributed by atoms with Crippen LogP contribution < -0.4 is 4.74 Å². The highest BCUT2D eigenvalue weighted by molar-refractivity contribution is 7.99. The Kier molecular flexibility index (Phi) is 6.90. The summed E-state index contributed by atoms with van der Waals surface area (Å²) in [6, 6.07) is 10.5. The molecule has 0 amide bonds. The Balaban J connectivity index is 1.36. The molecule has 0 spiro atoms. The van der Waals surface area contributed by atoms with Crippen LogP contribution >= 0.6 is 23.1 Å². The molecule has 1 unspecified atom stereocenters. The van der Waals surface area contributed by atoms with Gasteiger partial charge in [0.05, 0.1) is 24.1 Å². The zero-order valence-corrected chi connectivity index (χ0v) is 18.6. The maximum atomic E-state index is 5.98. The molecule has 3 aromatic rings. The molecule has 2 aromatic heterocycles. The van der Waals surface area contributed by atoms with Crippen molar-refractivity contribution >= 4 is 23.1 Å². The van der Waals surface area contributed by atoms with Crippen LogP contribution in [0.5, 0.6) is 5.75 Å². The minimum atomic E-state index is 0.261. The van der Waals surface area contributed by atoms with Crippen molar-refractivity contribution in [2.24, 2.45) is 0 Å². The van der Waals surface area contributed by atoms with E-state index in [1.165, 1.54) is 11.1 Å². The Bertz CT molecular complexity index is 918. The standard InChI is InChI=1S/C22H27N3O2S2/c1-16-8-9-17(2)19(14-16)27-11-5-13-29-22-24-23-21(20-7-4-12-28-20)25(22)15-18-6-3-10-26-18/h4,7-9,12,14,18H,3,5-6,10-11,13,15H2,1-2H3. The molecular formula is C22H27N3O2S2. The molecule has 29 heavy (non-hydrogen) atoms. The van der Waals surface area contributed by atoms with Gasteiger partial charge in [-0.3, -0.25) is 4.57 Å². The molecule has 1 aromatic carbocycles. The summed E-state index contributed by atoms with van der Waals surface area (Å²) in [6.07, 6.45) is 3.46. The van der Waals surface area contributed by atoms with Gasteiger partial charge in [-0.15, -0.1) is 21.5 Å². The number of hydrogen-bond acceptors (Lipinski definition) is 6. The van der Waals surface area contributed by atoms with Gasteiger partial charge in [0.25, 0.3) is 0 Å². The molecule has 0 radical (unpaired) electrons. The number of thiophene rings is 1. The smallest absolute Gasteiger partial charge is 0.191 e. The minimum absolute atomic E-state index is 0.261. The first kappa shape index (κ1) is 20.4. The largest absolute Gasteiger partial charge is 0.493 e. The van der Waals surface area contributed by atoms with Crippen molar-refractivity contribution in [3.8, 4) is 16.5 Å². The Morgan fingerprint density at radius 2 is 2.21 bits per heavy atom. The van der Waals surface area contributed by atoms with Gasteiger partial charge in [0.15, 0.2) is 11.0 Å². The van der Waals surface area contributed by atoms with Gasteiger partial charge in [-0.05, 0) is 61.7 Å². The maximum absolute atomic E-state index is 5.98. The minimum Gasteiger partial charge on any atom is -0.493 e. The summed E-state index contributed by atoms with van der Waals surface area (Å²) in [5.41, 5.74) is 2.41. The SMILES string of the molecule is Cc1ccc(C)c(OCCCSc2nnc(-c3cccs3)n2CC2CCCO2)c1. The summed E-state index contributed by atoms with van der Waals surface area (Å²) in [6.45, 7) is 6.56. The van der Waals surface area contributed by atoms with Crippen LogP contribution in [0.1, 0.15) is 30.4 Å². The highest BCUT2D eigenvalue weighted by Crippen LogP contribution is 2.29. The van der Waals surface area contributed by atoms with Gasteiger partial charge in [0.2, 0.25) is 0 Å². The summed E-state index contributed by atoms with van der Waals surface area (Å²) in [4.78, 5) is 1.15. The average molecular weight is 430 g/mol. The highest BCUT2D eigenvalue weighted by Gasteiger charge is 2.22. The van der Waals surface area contributed by atoms with Crippen LogP contribution in [0.4, 0.5) is 0 Å². The second-order valence-electron chi connectivity index (χ2n) is 7.35. The van der Waals surface area contributed by atoms with Gasteiger partial charge in [-0.1, -0.05) is 30.0 Å². The van der Waals surface area contributed by atoms with E-state index < -0.39 is 0 Å². The Hall–Kier alpha value is -1.83. The lowest BCUT2D eigenvalue weighted by Crippen LogP contribution is -2.16. The van der Waals surface area contributed by atoms with Crippen LogP contribution in [0, 0.1) is 13.8 Å². The summed E-state index contributed by atoms with van der Waals surface area (Å²) in [5, 5.41) is 12.0. The van der Waals surface area contributed by atoms with Crippen LogP contribution in [-0.2, 0) is 11.3 Å². The van der Waals surface area contributed by atoms with E-state index in [0.717, 1.165) is 59.8 Å². The molecule has 3 heterocycles. The lowest BCUT2D eigenvalue weighted by molar-refractivity contribution is 0.0953. The normalized spacial score (nSPS) is 16.4. The fourth-order valence-corrected chi connectivity index (χ4v) is 4.98. The third kappa shape index (κ3) is 5.21. The van der Waals surface area contributed by atoms with Crippen molar-refractivity contribution in [2.75, 3.05) is 19.0 Å². The fourth-order valence-electron chi connectivity index (χ4n) is 3.41. The van der Waals surface area contributed by atoms with E-state index in [9.17, 15) is 0 Å². The number of nitrogens with zero attached hydrogens (tertiary/aromatic N) is 3. The molecule has 1 fully saturated rings. The predicted octanol–water partition coefficient (Wildman–Crippen LogP) is 5.36. The van der Waals surface area contributed by atoms with Crippen molar-refractivity contribution in [3.63, 3.8) is 0 Å². The number of hydrogen-bond donors (Lipinski definition) is 0. The topological polar surface area (TPSA) is 49.2 Å². The Labute approximate surface area is 180 Å². The number of ether oxygens (including phenoxy) is 2. The van der Waals surface area contributed by atoms with Gasteiger partial charge in [0.1, 0.15) is 5.75 Å². The number of aromatic nitrogens is 3. The van der Waals surface area contributed by atoms with E-state index in [0.29, 0.717) is 6.61 Å². The van der Waals surface area contributed by atoms with Crippen LogP contribution in [0.15, 0.2) is 40.9 Å². The third-order valence-corrected chi connectivity index (χ3v) is 6.91. The number of thioether (sulfide) groups is 1. The predicted molar refractivity (Wildman–Crippen MR) is 119 cm³/mol. The lowest BCUT2D eigenvalue weighted by atomic mass is 10.1. The molecule has 5 nitrogen and oxygen atoms in total. The van der Waals surface area contributed by atoms with Crippen molar-refractivity contribution in [1.82, 2.24) is 14.8 Å². The lowest BCUT2D eigenvalue weighted by Gasteiger charge is -2.14. The number of benzene rings is 1. The first-order valence-corrected chi connectivity index (χ1v) is 12.0. The maximum Gasteiger partial charge on any atom is 0.191 e. The molecular weight excluding hydrogens is 402 g/mol. The number of aryl methyl sites for hydroxylation is 2. The zero-order valence-electron chi connectivity index (χ0n) is 17.0. The van der Waals surface area contributed by atoms with Crippen molar-refractivity contribution in [3.05, 3.63) is 46.8 Å². The van der Waals surface area contributed by atoms with Crippen molar-refractivity contribution in [2.45, 2.75) is 50.9 Å². The molecule has 0 N–H and O–H groups in total. The van der Waals surface area contributed by atoms with E-state index >= 15 is 0 Å². The summed E-state index contributed by atoms with van der Waals surface area (Å²) in [7, 11) is 0. The molecule has 154 valence electrons. The summed E-state index contributed by atoms with van der Waals surface area (Å²) >= 11 is 3.45. The zero-order chi connectivity index (χ0) is 20.1. The highest BCUT2D eigenvalue weighted by atomic mass is 32.2. The van der Waals surface area contributed by atoms with E-state index in [1.807, 2.05) is 0 Å². The molecule has 0 bridgehead atoms. The van der Waals surface area contributed by atoms with Crippen molar-refractivity contribution in [1.29, 1.82) is 0 Å². The van der Waals surface area contributed by atoms with Gasteiger partial charge in [0, 0.05) is 12.4 Å². The molecule has 1 aliphatic rings. The molecule has 0 aliphatic carbocycles. The van der Waals surface area contributed by atoms with Crippen molar-refractivity contribution < 1.29 is 9.47 Å². The molecule has 4 rings (SSSR count). The van der Waals surface area contributed by atoms with E-state index in [4.69, 9.17) is 9.47 Å². The third-order valence-electron chi connectivity index (χ3n) is 4.99. The molecule has 1 atom stereocenters. The molecule has 1 aliphatic heterocycles.